The molecule has 0 aliphatic rings. The Morgan fingerprint density at radius 2 is 2.00 bits per heavy atom. The molecule has 1 heterocycles. The van der Waals surface area contributed by atoms with Crippen LogP contribution in [0.5, 0.6) is 11.5 Å². The van der Waals surface area contributed by atoms with E-state index in [0.29, 0.717) is 34.8 Å². The molecule has 0 fully saturated rings. The fourth-order valence-electron chi connectivity index (χ4n) is 1.94. The van der Waals surface area contributed by atoms with Crippen LogP contribution in [0.25, 0.3) is 11.0 Å². The van der Waals surface area contributed by atoms with Gasteiger partial charge in [-0.05, 0) is 40.1 Å². The van der Waals surface area contributed by atoms with Crippen molar-refractivity contribution in [2.45, 2.75) is 6.61 Å². The summed E-state index contributed by atoms with van der Waals surface area (Å²) >= 11 is 0. The number of hydrogen-bond donors (Lipinski definition) is 1. The number of aromatic nitrogens is 2. The second-order valence-electron chi connectivity index (χ2n) is 4.30. The molecule has 2 N–H and O–H groups in total. The summed E-state index contributed by atoms with van der Waals surface area (Å²) in [5.41, 5.74) is 8.31. The monoisotopic (exact) mass is 271 g/mol. The van der Waals surface area contributed by atoms with E-state index in [2.05, 4.69) is 10.3 Å². The Hall–Kier alpha value is -2.60. The first kappa shape index (κ1) is 12.4. The Morgan fingerprint density at radius 1 is 1.15 bits per heavy atom. The second kappa shape index (κ2) is 5.18. The molecule has 0 bridgehead atoms. The number of fused-ring (bicyclic) bond motifs is 1. The van der Waals surface area contributed by atoms with E-state index < -0.39 is 0 Å². The molecule has 0 saturated carbocycles. The van der Waals surface area contributed by atoms with Gasteiger partial charge in [0.05, 0.1) is 12.3 Å². The molecule has 102 valence electrons. The first-order valence-electron chi connectivity index (χ1n) is 6.04. The van der Waals surface area contributed by atoms with Crippen LogP contribution < -0.4 is 10.5 Å². The zero-order valence-corrected chi connectivity index (χ0v) is 10.9. The molecule has 0 amide bonds. The number of nitrogen functional groups attached to an aromatic ring is 1. The SMILES string of the molecule is COCc1cccc(Oc2ccc(N)c3nonc23)c1. The minimum Gasteiger partial charge on any atom is -0.455 e. The standard InChI is InChI=1S/C14H13N3O3/c1-18-8-9-3-2-4-10(7-9)19-12-6-5-11(15)13-14(12)17-20-16-13/h2-7H,8,15H2,1H3. The highest BCUT2D eigenvalue weighted by atomic mass is 16.6. The fraction of sp³-hybridized carbons (Fsp3) is 0.143. The average molecular weight is 271 g/mol. The van der Waals surface area contributed by atoms with E-state index >= 15 is 0 Å². The van der Waals surface area contributed by atoms with E-state index in [0.717, 1.165) is 5.56 Å². The largest absolute Gasteiger partial charge is 0.455 e. The van der Waals surface area contributed by atoms with Crippen LogP contribution in [0.3, 0.4) is 0 Å². The lowest BCUT2D eigenvalue weighted by Crippen LogP contribution is -1.92. The predicted molar refractivity (Wildman–Crippen MR) is 73.4 cm³/mol. The molecule has 0 aliphatic heterocycles. The molecule has 0 unspecified atom stereocenters. The lowest BCUT2D eigenvalue weighted by atomic mass is 10.2. The molecule has 1 aromatic heterocycles. The normalized spacial score (nSPS) is 10.8. The van der Waals surface area contributed by atoms with Gasteiger partial charge >= 0.3 is 0 Å². The highest BCUT2D eigenvalue weighted by molar-refractivity contribution is 5.90. The van der Waals surface area contributed by atoms with Gasteiger partial charge < -0.3 is 15.2 Å². The summed E-state index contributed by atoms with van der Waals surface area (Å²) in [7, 11) is 1.65. The van der Waals surface area contributed by atoms with Crippen molar-refractivity contribution in [2.75, 3.05) is 12.8 Å². The van der Waals surface area contributed by atoms with Crippen molar-refractivity contribution in [3.05, 3.63) is 42.0 Å². The Balaban J connectivity index is 1.95. The van der Waals surface area contributed by atoms with Gasteiger partial charge in [0.15, 0.2) is 16.8 Å². The van der Waals surface area contributed by atoms with E-state index in [1.165, 1.54) is 0 Å². The zero-order chi connectivity index (χ0) is 13.9. The van der Waals surface area contributed by atoms with Crippen molar-refractivity contribution in [3.63, 3.8) is 0 Å². The molecule has 0 radical (unpaired) electrons. The van der Waals surface area contributed by atoms with Gasteiger partial charge in [0, 0.05) is 7.11 Å². The number of nitrogens with two attached hydrogens (primary N) is 1. The van der Waals surface area contributed by atoms with Gasteiger partial charge in [-0.15, -0.1) is 0 Å². The summed E-state index contributed by atoms with van der Waals surface area (Å²) in [6, 6.07) is 11.1. The maximum absolute atomic E-state index is 5.82. The molecule has 0 spiro atoms. The van der Waals surface area contributed by atoms with Crippen LogP contribution in [0.1, 0.15) is 5.56 Å². The quantitative estimate of drug-likeness (QED) is 0.734. The van der Waals surface area contributed by atoms with Crippen molar-refractivity contribution in [1.82, 2.24) is 10.3 Å². The van der Waals surface area contributed by atoms with Crippen LogP contribution in [0, 0.1) is 0 Å². The van der Waals surface area contributed by atoms with E-state index in [1.54, 1.807) is 19.2 Å². The van der Waals surface area contributed by atoms with Crippen LogP contribution in [0.15, 0.2) is 41.0 Å². The Kier molecular flexibility index (Phi) is 3.22. The molecule has 0 aliphatic carbocycles. The second-order valence-corrected chi connectivity index (χ2v) is 4.30. The third-order valence-electron chi connectivity index (χ3n) is 2.85. The number of benzene rings is 2. The van der Waals surface area contributed by atoms with Crippen LogP contribution in [0.4, 0.5) is 5.69 Å². The topological polar surface area (TPSA) is 83.4 Å². The minimum atomic E-state index is 0.496. The number of rotatable bonds is 4. The zero-order valence-electron chi connectivity index (χ0n) is 10.9. The predicted octanol–water partition coefficient (Wildman–Crippen LogP) is 2.74. The smallest absolute Gasteiger partial charge is 0.179 e. The number of methoxy groups -OCH3 is 1. The molecule has 3 rings (SSSR count). The molecule has 0 atom stereocenters. The summed E-state index contributed by atoms with van der Waals surface area (Å²) in [6.07, 6.45) is 0. The van der Waals surface area contributed by atoms with Crippen molar-refractivity contribution < 1.29 is 14.1 Å². The lowest BCUT2D eigenvalue weighted by molar-refractivity contribution is 0.184. The van der Waals surface area contributed by atoms with E-state index in [4.69, 9.17) is 19.8 Å². The fourth-order valence-corrected chi connectivity index (χ4v) is 1.94. The lowest BCUT2D eigenvalue weighted by Gasteiger charge is -2.07. The Bertz CT molecular complexity index is 739. The van der Waals surface area contributed by atoms with Crippen molar-refractivity contribution in [2.24, 2.45) is 0 Å². The van der Waals surface area contributed by atoms with Gasteiger partial charge in [0.2, 0.25) is 0 Å². The van der Waals surface area contributed by atoms with E-state index in [-0.39, 0.29) is 0 Å². The van der Waals surface area contributed by atoms with Gasteiger partial charge in [-0.2, -0.15) is 0 Å². The molecule has 2 aromatic carbocycles. The summed E-state index contributed by atoms with van der Waals surface area (Å²) in [5.74, 6) is 1.23. The van der Waals surface area contributed by atoms with E-state index in [9.17, 15) is 0 Å². The van der Waals surface area contributed by atoms with Crippen LogP contribution in [0.2, 0.25) is 0 Å². The van der Waals surface area contributed by atoms with Gasteiger partial charge in [0.25, 0.3) is 0 Å². The highest BCUT2D eigenvalue weighted by Gasteiger charge is 2.12. The summed E-state index contributed by atoms with van der Waals surface area (Å²) in [6.45, 7) is 0.528. The number of ether oxygens (including phenoxy) is 2. The third kappa shape index (κ3) is 2.28. The first-order chi connectivity index (χ1) is 9.78. The summed E-state index contributed by atoms with van der Waals surface area (Å²) < 4.78 is 15.6. The Morgan fingerprint density at radius 3 is 2.85 bits per heavy atom. The van der Waals surface area contributed by atoms with Gasteiger partial charge in [0.1, 0.15) is 5.75 Å². The molecular weight excluding hydrogens is 258 g/mol. The molecule has 20 heavy (non-hydrogen) atoms. The average Bonchev–Trinajstić information content (AvgIpc) is 2.93. The highest BCUT2D eigenvalue weighted by Crippen LogP contribution is 2.31. The van der Waals surface area contributed by atoms with E-state index in [1.807, 2.05) is 24.3 Å². The van der Waals surface area contributed by atoms with Gasteiger partial charge in [-0.25, -0.2) is 4.63 Å². The molecule has 3 aromatic rings. The number of hydrogen-bond acceptors (Lipinski definition) is 6. The van der Waals surface area contributed by atoms with Crippen molar-refractivity contribution >= 4 is 16.7 Å². The van der Waals surface area contributed by atoms with Crippen LogP contribution >= 0.6 is 0 Å². The molecular formula is C14H13N3O3. The third-order valence-corrected chi connectivity index (χ3v) is 2.85. The molecule has 6 heteroatoms. The number of anilines is 1. The van der Waals surface area contributed by atoms with Crippen molar-refractivity contribution in [3.8, 4) is 11.5 Å². The number of nitrogens with zero attached hydrogens (tertiary/aromatic N) is 2. The maximum Gasteiger partial charge on any atom is 0.179 e. The van der Waals surface area contributed by atoms with Crippen molar-refractivity contribution in [1.29, 1.82) is 0 Å². The van der Waals surface area contributed by atoms with Crippen LogP contribution in [-0.4, -0.2) is 17.4 Å². The minimum absolute atomic E-state index is 0.496. The summed E-state index contributed by atoms with van der Waals surface area (Å²) in [4.78, 5) is 0. The van der Waals surface area contributed by atoms with Gasteiger partial charge in [-0.1, -0.05) is 12.1 Å². The Labute approximate surface area is 115 Å². The maximum atomic E-state index is 5.82. The first-order valence-corrected chi connectivity index (χ1v) is 6.04. The van der Waals surface area contributed by atoms with Gasteiger partial charge in [-0.3, -0.25) is 0 Å². The molecule has 0 saturated heterocycles. The summed E-state index contributed by atoms with van der Waals surface area (Å²) in [5, 5.41) is 7.58. The molecule has 6 nitrogen and oxygen atoms in total. The van der Waals surface area contributed by atoms with Crippen LogP contribution in [-0.2, 0) is 11.3 Å².